The highest BCUT2D eigenvalue weighted by atomic mass is 32.2. The van der Waals surface area contributed by atoms with E-state index >= 15 is 0 Å². The number of aryl methyl sites for hydroxylation is 1. The molecular formula is C20H20O4S. The second-order valence-corrected chi connectivity index (χ2v) is 8.20. The predicted molar refractivity (Wildman–Crippen MR) is 94.5 cm³/mol. The van der Waals surface area contributed by atoms with Gasteiger partial charge in [-0.3, -0.25) is 9.00 Å². The van der Waals surface area contributed by atoms with E-state index in [9.17, 15) is 9.00 Å². The minimum Gasteiger partial charge on any atom is -0.434 e. The van der Waals surface area contributed by atoms with Crippen LogP contribution in [0.25, 0.3) is 0 Å². The van der Waals surface area contributed by atoms with Gasteiger partial charge in [-0.2, -0.15) is 0 Å². The van der Waals surface area contributed by atoms with Crippen molar-refractivity contribution in [2.24, 2.45) is 5.92 Å². The molecule has 1 aliphatic heterocycles. The highest BCUT2D eigenvalue weighted by Gasteiger charge is 2.82. The number of hydrogen-bond donors (Lipinski definition) is 0. The fraction of sp³-hybridized carbons (Fsp3) is 0.350. The lowest BCUT2D eigenvalue weighted by molar-refractivity contribution is -0.169. The smallest absolute Gasteiger partial charge is 0.328 e. The molecular weight excluding hydrogens is 336 g/mol. The lowest BCUT2D eigenvalue weighted by atomic mass is 10.1. The van der Waals surface area contributed by atoms with E-state index in [0.717, 1.165) is 11.1 Å². The second-order valence-electron chi connectivity index (χ2n) is 6.52. The zero-order valence-corrected chi connectivity index (χ0v) is 15.0. The van der Waals surface area contributed by atoms with Gasteiger partial charge in [0.05, 0.1) is 16.7 Å². The van der Waals surface area contributed by atoms with E-state index in [1.54, 1.807) is 0 Å². The maximum absolute atomic E-state index is 13.4. The van der Waals surface area contributed by atoms with Crippen molar-refractivity contribution in [1.82, 2.24) is 0 Å². The van der Waals surface area contributed by atoms with E-state index in [4.69, 9.17) is 9.47 Å². The topological polar surface area (TPSA) is 52.6 Å². The Labute approximate surface area is 149 Å². The van der Waals surface area contributed by atoms with Gasteiger partial charge in [-0.05, 0) is 31.5 Å². The molecule has 2 aromatic rings. The lowest BCUT2D eigenvalue weighted by Gasteiger charge is -2.16. The number of carbonyl (C=O) groups is 1. The first-order chi connectivity index (χ1) is 12.1. The molecule has 0 aromatic heterocycles. The Bertz CT molecular complexity index is 817. The molecule has 0 amide bonds. The highest BCUT2D eigenvalue weighted by molar-refractivity contribution is 7.87. The largest absolute Gasteiger partial charge is 0.434 e. The number of benzene rings is 2. The van der Waals surface area contributed by atoms with Crippen LogP contribution in [0.4, 0.5) is 0 Å². The van der Waals surface area contributed by atoms with Crippen LogP contribution < -0.4 is 0 Å². The van der Waals surface area contributed by atoms with E-state index in [1.807, 2.05) is 68.4 Å². The minimum atomic E-state index is -1.50. The Hall–Kier alpha value is -1.98. The van der Waals surface area contributed by atoms with Crippen molar-refractivity contribution < 1.29 is 18.5 Å². The van der Waals surface area contributed by atoms with Crippen molar-refractivity contribution in [2.45, 2.75) is 35.7 Å². The van der Waals surface area contributed by atoms with Gasteiger partial charge in [-0.25, -0.2) is 0 Å². The molecule has 1 saturated carbocycles. The van der Waals surface area contributed by atoms with Gasteiger partial charge in [-0.1, -0.05) is 48.0 Å². The van der Waals surface area contributed by atoms with E-state index in [1.165, 1.54) is 0 Å². The van der Waals surface area contributed by atoms with Gasteiger partial charge in [0.15, 0.2) is 4.75 Å². The summed E-state index contributed by atoms with van der Waals surface area (Å²) in [4.78, 5) is 13.4. The summed E-state index contributed by atoms with van der Waals surface area (Å²) in [7, 11) is -1.50. The molecule has 0 radical (unpaired) electrons. The van der Waals surface area contributed by atoms with Crippen LogP contribution in [0.5, 0.6) is 0 Å². The Balaban J connectivity index is 1.77. The molecule has 4 nitrogen and oxygen atoms in total. The summed E-state index contributed by atoms with van der Waals surface area (Å²) >= 11 is 0. The van der Waals surface area contributed by atoms with Crippen LogP contribution in [0, 0.1) is 12.8 Å². The van der Waals surface area contributed by atoms with Crippen LogP contribution in [-0.2, 0) is 25.1 Å². The van der Waals surface area contributed by atoms with Gasteiger partial charge in [0.2, 0.25) is 6.29 Å². The Morgan fingerprint density at radius 3 is 2.44 bits per heavy atom. The molecule has 1 heterocycles. The lowest BCUT2D eigenvalue weighted by Crippen LogP contribution is -2.30. The molecule has 2 aliphatic rings. The number of fused-ring (bicyclic) bond motifs is 1. The third-order valence-electron chi connectivity index (χ3n) is 5.07. The van der Waals surface area contributed by atoms with Crippen LogP contribution >= 0.6 is 0 Å². The Morgan fingerprint density at radius 2 is 1.80 bits per heavy atom. The zero-order chi connectivity index (χ0) is 17.6. The minimum absolute atomic E-state index is 0.145. The van der Waals surface area contributed by atoms with E-state index in [0.29, 0.717) is 11.5 Å². The van der Waals surface area contributed by atoms with Crippen LogP contribution in [0.2, 0.25) is 0 Å². The number of carbonyl (C=O) groups excluding carboxylic acids is 1. The van der Waals surface area contributed by atoms with Gasteiger partial charge >= 0.3 is 5.97 Å². The van der Waals surface area contributed by atoms with Crippen molar-refractivity contribution >= 4 is 16.8 Å². The molecule has 4 rings (SSSR count). The second kappa shape index (κ2) is 6.07. The Morgan fingerprint density at radius 1 is 1.12 bits per heavy atom. The van der Waals surface area contributed by atoms with E-state index < -0.39 is 27.8 Å². The zero-order valence-electron chi connectivity index (χ0n) is 14.2. The summed E-state index contributed by atoms with van der Waals surface area (Å²) in [6.45, 7) is 4.29. The number of hydrogen-bond acceptors (Lipinski definition) is 4. The molecule has 1 aliphatic carbocycles. The molecule has 5 heteroatoms. The van der Waals surface area contributed by atoms with Crippen molar-refractivity contribution in [3.63, 3.8) is 0 Å². The number of ether oxygens (including phenoxy) is 2. The van der Waals surface area contributed by atoms with Crippen LogP contribution in [-0.4, -0.2) is 27.8 Å². The molecule has 2 fully saturated rings. The van der Waals surface area contributed by atoms with Gasteiger partial charge in [0.25, 0.3) is 0 Å². The SMILES string of the molecule is CCO[C@H]1OC(=O)[C@@]2(S(=O)c3ccc(C)cc3)[C@@H]1[C@H]2c1ccccc1. The molecule has 5 atom stereocenters. The monoisotopic (exact) mass is 356 g/mol. The van der Waals surface area contributed by atoms with Crippen LogP contribution in [0.1, 0.15) is 24.0 Å². The molecule has 0 N–H and O–H groups in total. The van der Waals surface area contributed by atoms with Crippen molar-refractivity contribution in [1.29, 1.82) is 0 Å². The number of esters is 1. The summed E-state index contributed by atoms with van der Waals surface area (Å²) in [5.41, 5.74) is 2.10. The molecule has 2 aromatic carbocycles. The molecule has 25 heavy (non-hydrogen) atoms. The molecule has 0 spiro atoms. The summed E-state index contributed by atoms with van der Waals surface area (Å²) in [5, 5.41) is 0. The fourth-order valence-electron chi connectivity index (χ4n) is 3.87. The van der Waals surface area contributed by atoms with E-state index in [2.05, 4.69) is 0 Å². The predicted octanol–water partition coefficient (Wildman–Crippen LogP) is 3.17. The highest BCUT2D eigenvalue weighted by Crippen LogP contribution is 2.68. The average Bonchev–Trinajstić information content (AvgIpc) is 3.25. The summed E-state index contributed by atoms with van der Waals surface area (Å²) in [5.74, 6) is -0.776. The van der Waals surface area contributed by atoms with E-state index in [-0.39, 0.29) is 11.8 Å². The van der Waals surface area contributed by atoms with Gasteiger partial charge < -0.3 is 9.47 Å². The third kappa shape index (κ3) is 2.37. The normalized spacial score (nSPS) is 31.3. The summed E-state index contributed by atoms with van der Waals surface area (Å²) < 4.78 is 23.4. The van der Waals surface area contributed by atoms with Crippen LogP contribution in [0.15, 0.2) is 59.5 Å². The standard InChI is InChI=1S/C20H20O4S/c1-3-23-18-17-16(14-7-5-4-6-8-14)20(17,19(21)24-18)25(22)15-11-9-13(2)10-12-15/h4-12,16-18H,3H2,1-2H3/t16-,17-,18+,20+,25?/m1/s1. The first-order valence-corrected chi connectivity index (χ1v) is 9.61. The van der Waals surface area contributed by atoms with Crippen molar-refractivity contribution in [3.05, 3.63) is 65.7 Å². The maximum atomic E-state index is 13.4. The average molecular weight is 356 g/mol. The Kier molecular flexibility index (Phi) is 4.01. The van der Waals surface area contributed by atoms with Crippen molar-refractivity contribution in [3.8, 4) is 0 Å². The molecule has 1 saturated heterocycles. The van der Waals surface area contributed by atoms with Gasteiger partial charge in [0, 0.05) is 17.4 Å². The third-order valence-corrected chi connectivity index (χ3v) is 7.08. The number of rotatable bonds is 5. The molecule has 130 valence electrons. The van der Waals surface area contributed by atoms with Gasteiger partial charge in [-0.15, -0.1) is 0 Å². The van der Waals surface area contributed by atoms with Gasteiger partial charge in [0.1, 0.15) is 0 Å². The summed E-state index contributed by atoms with van der Waals surface area (Å²) in [6, 6.07) is 17.3. The van der Waals surface area contributed by atoms with Crippen LogP contribution in [0.3, 0.4) is 0 Å². The fourth-order valence-corrected chi connectivity index (χ4v) is 5.78. The quantitative estimate of drug-likeness (QED) is 0.772. The van der Waals surface area contributed by atoms with Crippen molar-refractivity contribution in [2.75, 3.05) is 6.61 Å². The summed E-state index contributed by atoms with van der Waals surface area (Å²) in [6.07, 6.45) is -0.628. The molecule has 1 unspecified atom stereocenters. The maximum Gasteiger partial charge on any atom is 0.328 e. The first kappa shape index (κ1) is 16.5. The number of cyclic esters (lactones) is 1. The molecule has 0 bridgehead atoms. The first-order valence-electron chi connectivity index (χ1n) is 8.47.